The van der Waals surface area contributed by atoms with Crippen LogP contribution in [0.5, 0.6) is 5.88 Å². The molecule has 0 radical (unpaired) electrons. The smallest absolute Gasteiger partial charge is 0.266 e. The van der Waals surface area contributed by atoms with Gasteiger partial charge in [-0.05, 0) is 18.6 Å². The van der Waals surface area contributed by atoms with Crippen molar-refractivity contribution in [1.82, 2.24) is 4.98 Å². The Hall–Kier alpha value is -0.890. The van der Waals surface area contributed by atoms with Crippen molar-refractivity contribution in [3.8, 4) is 5.88 Å². The summed E-state index contributed by atoms with van der Waals surface area (Å²) in [4.78, 5) is 3.69. The third-order valence-electron chi connectivity index (χ3n) is 2.10. The Balaban J connectivity index is 2.38. The Morgan fingerprint density at radius 2 is 2.05 bits per heavy atom. The molecular formula is C11H16ClNO5S. The molecule has 0 bridgehead atoms. The van der Waals surface area contributed by atoms with Gasteiger partial charge in [-0.2, -0.15) is 0 Å². The first-order valence-electron chi connectivity index (χ1n) is 5.65. The van der Waals surface area contributed by atoms with E-state index in [9.17, 15) is 8.42 Å². The van der Waals surface area contributed by atoms with Crippen LogP contribution in [-0.2, 0) is 18.5 Å². The van der Waals surface area contributed by atoms with Crippen molar-refractivity contribution in [1.29, 1.82) is 0 Å². The highest BCUT2D eigenvalue weighted by atomic mass is 35.7. The molecule has 6 nitrogen and oxygen atoms in total. The highest BCUT2D eigenvalue weighted by Gasteiger charge is 2.17. The van der Waals surface area contributed by atoms with Gasteiger partial charge >= 0.3 is 0 Å². The summed E-state index contributed by atoms with van der Waals surface area (Å²) in [6.07, 6.45) is 2.22. The van der Waals surface area contributed by atoms with E-state index in [1.165, 1.54) is 18.3 Å². The lowest BCUT2D eigenvalue weighted by Crippen LogP contribution is -2.10. The van der Waals surface area contributed by atoms with Gasteiger partial charge in [0.2, 0.25) is 5.88 Å². The molecule has 0 aromatic carbocycles. The normalized spacial score (nSPS) is 11.5. The summed E-state index contributed by atoms with van der Waals surface area (Å²) in [5.74, 6) is -0.0157. The Morgan fingerprint density at radius 3 is 2.74 bits per heavy atom. The predicted molar refractivity (Wildman–Crippen MR) is 70.1 cm³/mol. The fourth-order valence-corrected chi connectivity index (χ4v) is 2.19. The summed E-state index contributed by atoms with van der Waals surface area (Å²) in [5.41, 5.74) is 0. The Morgan fingerprint density at radius 1 is 1.26 bits per heavy atom. The maximum atomic E-state index is 11.3. The molecule has 1 aromatic rings. The quantitative estimate of drug-likeness (QED) is 0.507. The predicted octanol–water partition coefficient (Wildman–Crippen LogP) is 1.44. The van der Waals surface area contributed by atoms with E-state index in [-0.39, 0.29) is 17.4 Å². The van der Waals surface area contributed by atoms with Gasteiger partial charge in [-0.25, -0.2) is 13.4 Å². The van der Waals surface area contributed by atoms with Gasteiger partial charge in [0.05, 0.1) is 6.61 Å². The van der Waals surface area contributed by atoms with Gasteiger partial charge in [-0.3, -0.25) is 0 Å². The monoisotopic (exact) mass is 309 g/mol. The summed E-state index contributed by atoms with van der Waals surface area (Å²) in [6.45, 7) is 1.72. The molecule has 0 aliphatic rings. The first kappa shape index (κ1) is 16.2. The van der Waals surface area contributed by atoms with Gasteiger partial charge in [0.25, 0.3) is 9.05 Å². The van der Waals surface area contributed by atoms with Gasteiger partial charge in [0.15, 0.2) is 0 Å². The molecule has 0 amide bonds. The molecule has 0 N–H and O–H groups in total. The Kier molecular flexibility index (Phi) is 7.07. The molecule has 0 saturated carbocycles. The number of hydrogen-bond acceptors (Lipinski definition) is 6. The van der Waals surface area contributed by atoms with Crippen LogP contribution in [0.3, 0.4) is 0 Å². The maximum Gasteiger partial charge on any atom is 0.266 e. The number of hydrogen-bond donors (Lipinski definition) is 0. The molecule has 0 aliphatic carbocycles. The van der Waals surface area contributed by atoms with E-state index in [2.05, 4.69) is 4.98 Å². The summed E-state index contributed by atoms with van der Waals surface area (Å²) in [7, 11) is 3.03. The molecule has 0 saturated heterocycles. The highest BCUT2D eigenvalue weighted by Crippen LogP contribution is 2.23. The number of halogens is 1. The Labute approximate surface area is 117 Å². The molecule has 0 unspecified atom stereocenters. The van der Waals surface area contributed by atoms with E-state index in [4.69, 9.17) is 24.9 Å². The van der Waals surface area contributed by atoms with E-state index in [1.807, 2.05) is 0 Å². The lowest BCUT2D eigenvalue weighted by Gasteiger charge is -2.08. The highest BCUT2D eigenvalue weighted by molar-refractivity contribution is 8.13. The third kappa shape index (κ3) is 6.20. The molecular weight excluding hydrogens is 294 g/mol. The van der Waals surface area contributed by atoms with E-state index in [1.54, 1.807) is 7.11 Å². The lowest BCUT2D eigenvalue weighted by atomic mass is 10.5. The van der Waals surface area contributed by atoms with Crippen molar-refractivity contribution in [2.45, 2.75) is 11.3 Å². The van der Waals surface area contributed by atoms with Crippen LogP contribution < -0.4 is 4.74 Å². The second-order valence-corrected chi connectivity index (χ2v) is 6.09. The fraction of sp³-hybridized carbons (Fsp3) is 0.545. The largest absolute Gasteiger partial charge is 0.474 e. The van der Waals surface area contributed by atoms with Crippen LogP contribution >= 0.6 is 10.7 Å². The van der Waals surface area contributed by atoms with E-state index in [0.717, 1.165) is 6.42 Å². The van der Waals surface area contributed by atoms with Crippen molar-refractivity contribution < 1.29 is 22.6 Å². The zero-order valence-electron chi connectivity index (χ0n) is 10.5. The topological polar surface area (TPSA) is 74.7 Å². The van der Waals surface area contributed by atoms with Gasteiger partial charge in [-0.1, -0.05) is 0 Å². The van der Waals surface area contributed by atoms with Crippen LogP contribution in [-0.4, -0.2) is 46.9 Å². The van der Waals surface area contributed by atoms with Crippen molar-refractivity contribution in [2.75, 3.05) is 33.5 Å². The van der Waals surface area contributed by atoms with Gasteiger partial charge in [0.1, 0.15) is 11.5 Å². The molecule has 1 aromatic heterocycles. The SMILES string of the molecule is COCCCOCCOc1ncccc1S(=O)(=O)Cl. The van der Waals surface area contributed by atoms with Gasteiger partial charge in [-0.15, -0.1) is 0 Å². The lowest BCUT2D eigenvalue weighted by molar-refractivity contribution is 0.0788. The molecule has 0 aliphatic heterocycles. The zero-order chi connectivity index (χ0) is 14.1. The number of methoxy groups -OCH3 is 1. The van der Waals surface area contributed by atoms with E-state index in [0.29, 0.717) is 19.8 Å². The molecule has 0 spiro atoms. The maximum absolute atomic E-state index is 11.3. The minimum atomic E-state index is -3.86. The van der Waals surface area contributed by atoms with Crippen molar-refractivity contribution in [3.05, 3.63) is 18.3 Å². The number of aromatic nitrogens is 1. The van der Waals surface area contributed by atoms with Crippen molar-refractivity contribution >= 4 is 19.7 Å². The zero-order valence-corrected chi connectivity index (χ0v) is 12.1. The number of pyridine rings is 1. The van der Waals surface area contributed by atoms with Crippen molar-refractivity contribution in [2.24, 2.45) is 0 Å². The second kappa shape index (κ2) is 8.31. The number of ether oxygens (including phenoxy) is 3. The van der Waals surface area contributed by atoms with Crippen LogP contribution in [0.25, 0.3) is 0 Å². The number of rotatable bonds is 9. The van der Waals surface area contributed by atoms with Crippen LogP contribution in [0.15, 0.2) is 23.2 Å². The second-order valence-electron chi connectivity index (χ2n) is 3.55. The Bertz CT molecular complexity index is 480. The average molecular weight is 310 g/mol. The summed E-state index contributed by atoms with van der Waals surface area (Å²) < 4.78 is 37.9. The fourth-order valence-electron chi connectivity index (χ4n) is 1.27. The molecule has 0 atom stereocenters. The number of nitrogens with zero attached hydrogens (tertiary/aromatic N) is 1. The van der Waals surface area contributed by atoms with Crippen molar-refractivity contribution in [3.63, 3.8) is 0 Å². The standard InChI is InChI=1S/C11H16ClNO5S/c1-16-6-3-7-17-8-9-18-11-10(19(12,14)15)4-2-5-13-11/h2,4-5H,3,6-9H2,1H3. The van der Waals surface area contributed by atoms with Gasteiger partial charge < -0.3 is 14.2 Å². The molecule has 1 heterocycles. The summed E-state index contributed by atoms with van der Waals surface area (Å²) in [5, 5.41) is 0. The molecule has 8 heteroatoms. The molecule has 0 fully saturated rings. The molecule has 1 rings (SSSR count). The van der Waals surface area contributed by atoms with E-state index < -0.39 is 9.05 Å². The van der Waals surface area contributed by atoms with Gasteiger partial charge in [0, 0.05) is 37.2 Å². The van der Waals surface area contributed by atoms with E-state index >= 15 is 0 Å². The molecule has 108 valence electrons. The summed E-state index contributed by atoms with van der Waals surface area (Å²) in [6, 6.07) is 2.81. The van der Waals surface area contributed by atoms with Crippen LogP contribution in [0.4, 0.5) is 0 Å². The minimum Gasteiger partial charge on any atom is -0.474 e. The van der Waals surface area contributed by atoms with Crippen LogP contribution in [0, 0.1) is 0 Å². The molecule has 19 heavy (non-hydrogen) atoms. The van der Waals surface area contributed by atoms with Crippen LogP contribution in [0.1, 0.15) is 6.42 Å². The first-order chi connectivity index (χ1) is 9.05. The summed E-state index contributed by atoms with van der Waals surface area (Å²) >= 11 is 0. The third-order valence-corrected chi connectivity index (χ3v) is 3.44. The van der Waals surface area contributed by atoms with Crippen LogP contribution in [0.2, 0.25) is 0 Å². The minimum absolute atomic E-state index is 0.0157. The first-order valence-corrected chi connectivity index (χ1v) is 7.96. The average Bonchev–Trinajstić information content (AvgIpc) is 2.37.